The Labute approximate surface area is 200 Å². The minimum atomic E-state index is -0.348. The number of rotatable bonds is 8. The van der Waals surface area contributed by atoms with Crippen LogP contribution in [0.1, 0.15) is 66.9 Å². The number of amides is 1. The van der Waals surface area contributed by atoms with Crippen LogP contribution >= 0.6 is 11.3 Å². The summed E-state index contributed by atoms with van der Waals surface area (Å²) in [5.74, 6) is 1.37. The van der Waals surface area contributed by atoms with Gasteiger partial charge in [-0.2, -0.15) is 0 Å². The Morgan fingerprint density at radius 1 is 1.15 bits per heavy atom. The van der Waals surface area contributed by atoms with Crippen molar-refractivity contribution in [2.45, 2.75) is 59.8 Å². The second-order valence-electron chi connectivity index (χ2n) is 9.47. The molecule has 180 valence electrons. The number of thiophene rings is 1. The zero-order chi connectivity index (χ0) is 24.2. The van der Waals surface area contributed by atoms with Crippen LogP contribution in [0.25, 0.3) is 0 Å². The molecule has 0 saturated carbocycles. The molecule has 1 aliphatic carbocycles. The summed E-state index contributed by atoms with van der Waals surface area (Å²) in [6.07, 6.45) is 3.65. The molecule has 0 saturated heterocycles. The molecule has 1 amide bonds. The number of aryl methyl sites for hydroxylation is 1. The van der Waals surface area contributed by atoms with Crippen LogP contribution in [0.5, 0.6) is 11.5 Å². The molecule has 1 heterocycles. The van der Waals surface area contributed by atoms with Gasteiger partial charge in [-0.25, -0.2) is 4.79 Å². The van der Waals surface area contributed by atoms with E-state index in [0.29, 0.717) is 47.4 Å². The van der Waals surface area contributed by atoms with E-state index in [2.05, 4.69) is 26.1 Å². The Balaban J connectivity index is 1.76. The van der Waals surface area contributed by atoms with Gasteiger partial charge in [0.15, 0.2) is 11.5 Å². The third-order valence-electron chi connectivity index (χ3n) is 6.31. The third kappa shape index (κ3) is 5.88. The number of carbonyl (C=O) groups excluding carboxylic acids is 2. The van der Waals surface area contributed by atoms with Crippen LogP contribution in [0, 0.1) is 11.3 Å². The van der Waals surface area contributed by atoms with E-state index in [1.807, 2.05) is 18.2 Å². The highest BCUT2D eigenvalue weighted by atomic mass is 32.1. The molecular weight excluding hydrogens is 438 g/mol. The number of anilines is 1. The van der Waals surface area contributed by atoms with Gasteiger partial charge in [-0.3, -0.25) is 4.79 Å². The molecule has 1 aromatic carbocycles. The molecule has 1 aromatic heterocycles. The molecule has 3 rings (SSSR count). The summed E-state index contributed by atoms with van der Waals surface area (Å²) in [7, 11) is 3.18. The van der Waals surface area contributed by atoms with Gasteiger partial charge in [-0.05, 0) is 67.2 Å². The summed E-state index contributed by atoms with van der Waals surface area (Å²) in [4.78, 5) is 26.8. The van der Waals surface area contributed by atoms with Gasteiger partial charge < -0.3 is 19.5 Å². The number of hydrogen-bond donors (Lipinski definition) is 1. The van der Waals surface area contributed by atoms with Crippen molar-refractivity contribution in [2.24, 2.45) is 11.3 Å². The Kier molecular flexibility index (Phi) is 8.05. The molecule has 0 fully saturated rings. The largest absolute Gasteiger partial charge is 0.493 e. The number of methoxy groups -OCH3 is 2. The number of ether oxygens (including phenoxy) is 3. The van der Waals surface area contributed by atoms with Crippen molar-refractivity contribution in [3.05, 3.63) is 39.8 Å². The van der Waals surface area contributed by atoms with Gasteiger partial charge in [0.05, 0.1) is 26.4 Å². The standard InChI is InChI=1S/C26H35NO5S/c1-7-32-25(29)23-18-11-10-17(26(2,3)4)15-21(18)33-24(23)27-22(28)13-9-16-8-12-19(30-5)20(14-16)31-6/h8,12,14,17H,7,9-11,13,15H2,1-6H3,(H,27,28). The molecule has 0 aliphatic heterocycles. The van der Waals surface area contributed by atoms with E-state index in [-0.39, 0.29) is 17.3 Å². The maximum atomic E-state index is 12.8. The normalized spacial score (nSPS) is 15.5. The summed E-state index contributed by atoms with van der Waals surface area (Å²) < 4.78 is 16.0. The smallest absolute Gasteiger partial charge is 0.341 e. The number of carbonyl (C=O) groups is 2. The van der Waals surface area contributed by atoms with Gasteiger partial charge in [0.2, 0.25) is 5.91 Å². The predicted octanol–water partition coefficient (Wildman–Crippen LogP) is 5.66. The predicted molar refractivity (Wildman–Crippen MR) is 132 cm³/mol. The Morgan fingerprint density at radius 3 is 2.52 bits per heavy atom. The Bertz CT molecular complexity index is 1000. The van der Waals surface area contributed by atoms with Gasteiger partial charge in [0.25, 0.3) is 0 Å². The number of nitrogens with one attached hydrogen (secondary N) is 1. The fraction of sp³-hybridized carbons (Fsp3) is 0.538. The first-order valence-electron chi connectivity index (χ1n) is 11.5. The summed E-state index contributed by atoms with van der Waals surface area (Å²) in [5, 5.41) is 3.62. The first kappa shape index (κ1) is 25.1. The average Bonchev–Trinajstić information content (AvgIpc) is 3.14. The highest BCUT2D eigenvalue weighted by molar-refractivity contribution is 7.17. The zero-order valence-electron chi connectivity index (χ0n) is 20.5. The maximum Gasteiger partial charge on any atom is 0.341 e. The fourth-order valence-electron chi connectivity index (χ4n) is 4.32. The molecule has 6 nitrogen and oxygen atoms in total. The Morgan fingerprint density at radius 2 is 1.88 bits per heavy atom. The van der Waals surface area contributed by atoms with E-state index in [1.165, 1.54) is 16.2 Å². The topological polar surface area (TPSA) is 73.9 Å². The van der Waals surface area contributed by atoms with Crippen LogP contribution in [0.4, 0.5) is 5.00 Å². The molecule has 1 unspecified atom stereocenters. The summed E-state index contributed by atoms with van der Waals surface area (Å²) in [6.45, 7) is 8.90. The molecule has 33 heavy (non-hydrogen) atoms. The fourth-order valence-corrected chi connectivity index (χ4v) is 5.65. The first-order valence-corrected chi connectivity index (χ1v) is 12.3. The SMILES string of the molecule is CCOC(=O)c1c(NC(=O)CCc2ccc(OC)c(OC)c2)sc2c1CCC(C(C)(C)C)C2. The summed E-state index contributed by atoms with van der Waals surface area (Å²) in [5.41, 5.74) is 2.78. The van der Waals surface area contributed by atoms with Crippen LogP contribution in [-0.4, -0.2) is 32.7 Å². The summed E-state index contributed by atoms with van der Waals surface area (Å²) >= 11 is 1.53. The van der Waals surface area contributed by atoms with Crippen molar-refractivity contribution in [3.63, 3.8) is 0 Å². The minimum Gasteiger partial charge on any atom is -0.493 e. The maximum absolute atomic E-state index is 12.8. The minimum absolute atomic E-state index is 0.124. The van der Waals surface area contributed by atoms with Crippen molar-refractivity contribution in [2.75, 3.05) is 26.1 Å². The van der Waals surface area contributed by atoms with E-state index >= 15 is 0 Å². The quantitative estimate of drug-likeness (QED) is 0.501. The number of esters is 1. The molecule has 1 N–H and O–H groups in total. The monoisotopic (exact) mass is 473 g/mol. The van der Waals surface area contributed by atoms with E-state index in [9.17, 15) is 9.59 Å². The lowest BCUT2D eigenvalue weighted by Gasteiger charge is -2.33. The van der Waals surface area contributed by atoms with Crippen LogP contribution in [0.2, 0.25) is 0 Å². The molecule has 0 bridgehead atoms. The molecule has 2 aromatic rings. The lowest BCUT2D eigenvalue weighted by molar-refractivity contribution is -0.116. The molecule has 0 spiro atoms. The van der Waals surface area contributed by atoms with Crippen LogP contribution < -0.4 is 14.8 Å². The Hall–Kier alpha value is -2.54. The highest BCUT2D eigenvalue weighted by Crippen LogP contribution is 2.44. The van der Waals surface area contributed by atoms with Crippen LogP contribution in [-0.2, 0) is 28.8 Å². The first-order chi connectivity index (χ1) is 15.7. The lowest BCUT2D eigenvalue weighted by atomic mass is 9.72. The van der Waals surface area contributed by atoms with Crippen molar-refractivity contribution in [3.8, 4) is 11.5 Å². The van der Waals surface area contributed by atoms with Crippen LogP contribution in [0.3, 0.4) is 0 Å². The third-order valence-corrected chi connectivity index (χ3v) is 7.48. The molecular formula is C26H35NO5S. The van der Waals surface area contributed by atoms with E-state index in [1.54, 1.807) is 21.1 Å². The average molecular weight is 474 g/mol. The van der Waals surface area contributed by atoms with Gasteiger partial charge in [0.1, 0.15) is 5.00 Å². The zero-order valence-corrected chi connectivity index (χ0v) is 21.3. The van der Waals surface area contributed by atoms with E-state index in [4.69, 9.17) is 14.2 Å². The lowest BCUT2D eigenvalue weighted by Crippen LogP contribution is -2.26. The van der Waals surface area contributed by atoms with Crippen molar-refractivity contribution in [1.29, 1.82) is 0 Å². The molecule has 1 atom stereocenters. The number of hydrogen-bond acceptors (Lipinski definition) is 6. The van der Waals surface area contributed by atoms with E-state index < -0.39 is 0 Å². The van der Waals surface area contributed by atoms with Gasteiger partial charge in [-0.1, -0.05) is 26.8 Å². The van der Waals surface area contributed by atoms with Gasteiger partial charge in [-0.15, -0.1) is 11.3 Å². The van der Waals surface area contributed by atoms with Gasteiger partial charge >= 0.3 is 5.97 Å². The van der Waals surface area contributed by atoms with Gasteiger partial charge in [0, 0.05) is 11.3 Å². The number of benzene rings is 1. The molecule has 0 radical (unpaired) electrons. The molecule has 7 heteroatoms. The summed E-state index contributed by atoms with van der Waals surface area (Å²) in [6, 6.07) is 5.64. The number of fused-ring (bicyclic) bond motifs is 1. The van der Waals surface area contributed by atoms with Crippen LogP contribution in [0.15, 0.2) is 18.2 Å². The second kappa shape index (κ2) is 10.6. The van der Waals surface area contributed by atoms with E-state index in [0.717, 1.165) is 30.4 Å². The molecule has 1 aliphatic rings. The highest BCUT2D eigenvalue weighted by Gasteiger charge is 2.34. The second-order valence-corrected chi connectivity index (χ2v) is 10.6. The van der Waals surface area contributed by atoms with Crippen molar-refractivity contribution >= 4 is 28.2 Å². The van der Waals surface area contributed by atoms with Crippen molar-refractivity contribution in [1.82, 2.24) is 0 Å². The van der Waals surface area contributed by atoms with Crippen molar-refractivity contribution < 1.29 is 23.8 Å².